The molecule has 0 amide bonds. The lowest BCUT2D eigenvalue weighted by Gasteiger charge is -2.36. The molecule has 12 heteroatoms. The zero-order valence-corrected chi connectivity index (χ0v) is 20.0. The minimum absolute atomic E-state index is 0.0341. The Bertz CT molecular complexity index is 1200. The van der Waals surface area contributed by atoms with Crippen molar-refractivity contribution in [3.63, 3.8) is 0 Å². The van der Waals surface area contributed by atoms with Crippen LogP contribution in [0.2, 0.25) is 10.0 Å². The molecule has 10 nitrogen and oxygen atoms in total. The molecule has 0 unspecified atom stereocenters. The van der Waals surface area contributed by atoms with E-state index in [2.05, 4.69) is 20.2 Å². The first-order chi connectivity index (χ1) is 16.4. The van der Waals surface area contributed by atoms with Crippen LogP contribution in [0.4, 0.5) is 28.7 Å². The minimum Gasteiger partial charge on any atom is -0.495 e. The van der Waals surface area contributed by atoms with Crippen molar-refractivity contribution in [2.75, 3.05) is 55.5 Å². The van der Waals surface area contributed by atoms with Crippen LogP contribution < -0.4 is 24.6 Å². The number of piperazine rings is 1. The number of halogens is 2. The molecular formula is C22H22Cl2N6O4. The summed E-state index contributed by atoms with van der Waals surface area (Å²) in [5.41, 5.74) is 1.19. The number of hydrogen-bond donors (Lipinski definition) is 1. The molecule has 178 valence electrons. The van der Waals surface area contributed by atoms with Crippen LogP contribution in [0.3, 0.4) is 0 Å². The fourth-order valence-electron chi connectivity index (χ4n) is 3.80. The molecule has 1 aromatic heterocycles. The number of hydrogen-bond acceptors (Lipinski definition) is 9. The number of ether oxygens (including phenoxy) is 2. The minimum atomic E-state index is -0.487. The molecule has 3 aromatic rings. The molecule has 0 spiro atoms. The van der Waals surface area contributed by atoms with E-state index in [1.807, 2.05) is 29.2 Å². The van der Waals surface area contributed by atoms with Crippen LogP contribution in [-0.4, -0.2) is 55.3 Å². The Labute approximate surface area is 206 Å². The second-order valence-corrected chi connectivity index (χ2v) is 8.26. The monoisotopic (exact) mass is 504 g/mol. The second-order valence-electron chi connectivity index (χ2n) is 7.42. The molecule has 34 heavy (non-hydrogen) atoms. The Morgan fingerprint density at radius 3 is 2.35 bits per heavy atom. The number of benzene rings is 2. The Kier molecular flexibility index (Phi) is 7.09. The molecule has 2 heterocycles. The molecule has 1 aliphatic heterocycles. The fraction of sp³-hybridized carbons (Fsp3) is 0.273. The SMILES string of the molecule is COc1cc(OC)c(Nc2ncnc(N3CCN(c4cccc(Cl)c4)CC3)c2[N+](=O)[O-])cc1Cl. The standard InChI is InChI=1S/C22H22Cl2N6O4/c1-33-18-12-19(34-2)17(11-16(18)24)27-21-20(30(31)32)22(26-13-25-21)29-8-6-28(7-9-29)15-5-3-4-14(23)10-15/h3-5,10-13H,6-9H2,1-2H3,(H,25,26,27). The number of rotatable bonds is 7. The first kappa shape index (κ1) is 23.7. The molecule has 1 aliphatic rings. The van der Waals surface area contributed by atoms with Crippen LogP contribution >= 0.6 is 23.2 Å². The molecule has 0 saturated carbocycles. The van der Waals surface area contributed by atoms with Crippen LogP contribution in [0.5, 0.6) is 11.5 Å². The molecule has 1 saturated heterocycles. The van der Waals surface area contributed by atoms with Gasteiger partial charge < -0.3 is 24.6 Å². The van der Waals surface area contributed by atoms with Crippen LogP contribution in [0, 0.1) is 10.1 Å². The summed E-state index contributed by atoms with van der Waals surface area (Å²) in [6, 6.07) is 10.8. The first-order valence-corrected chi connectivity index (χ1v) is 11.1. The van der Waals surface area contributed by atoms with Gasteiger partial charge in [0.1, 0.15) is 17.8 Å². The summed E-state index contributed by atoms with van der Waals surface area (Å²) in [7, 11) is 2.97. The number of aromatic nitrogens is 2. The van der Waals surface area contributed by atoms with Crippen LogP contribution in [-0.2, 0) is 0 Å². The maximum absolute atomic E-state index is 12.1. The Balaban J connectivity index is 1.60. The molecule has 0 atom stereocenters. The third kappa shape index (κ3) is 4.87. The van der Waals surface area contributed by atoms with Gasteiger partial charge in [0, 0.05) is 43.0 Å². The smallest absolute Gasteiger partial charge is 0.353 e. The molecule has 1 fully saturated rings. The van der Waals surface area contributed by atoms with Gasteiger partial charge in [-0.15, -0.1) is 0 Å². The molecule has 0 radical (unpaired) electrons. The zero-order chi connectivity index (χ0) is 24.2. The second kappa shape index (κ2) is 10.2. The normalized spacial score (nSPS) is 13.5. The van der Waals surface area contributed by atoms with Crippen molar-refractivity contribution < 1.29 is 14.4 Å². The highest BCUT2D eigenvalue weighted by atomic mass is 35.5. The number of nitrogens with one attached hydrogen (secondary N) is 1. The zero-order valence-electron chi connectivity index (χ0n) is 18.5. The first-order valence-electron chi connectivity index (χ1n) is 10.3. The average molecular weight is 505 g/mol. The van der Waals surface area contributed by atoms with Crippen molar-refractivity contribution in [3.05, 3.63) is 62.9 Å². The molecule has 0 aliphatic carbocycles. The predicted octanol–water partition coefficient (Wildman–Crippen LogP) is 4.78. The highest BCUT2D eigenvalue weighted by Crippen LogP contribution is 2.40. The van der Waals surface area contributed by atoms with Crippen molar-refractivity contribution >= 4 is 51.9 Å². The number of nitro groups is 1. The molecule has 1 N–H and O–H groups in total. The van der Waals surface area contributed by atoms with Crippen LogP contribution in [0.1, 0.15) is 0 Å². The molecule has 0 bridgehead atoms. The highest BCUT2D eigenvalue weighted by Gasteiger charge is 2.30. The Hall–Kier alpha value is -3.50. The summed E-state index contributed by atoms with van der Waals surface area (Å²) in [6.07, 6.45) is 1.30. The third-order valence-electron chi connectivity index (χ3n) is 5.47. The van der Waals surface area contributed by atoms with Gasteiger partial charge in [-0.3, -0.25) is 10.1 Å². The van der Waals surface area contributed by atoms with Gasteiger partial charge in [0.15, 0.2) is 0 Å². The van der Waals surface area contributed by atoms with Gasteiger partial charge in [0.2, 0.25) is 11.6 Å². The van der Waals surface area contributed by atoms with Gasteiger partial charge in [0.25, 0.3) is 0 Å². The van der Waals surface area contributed by atoms with Crippen molar-refractivity contribution in [2.45, 2.75) is 0 Å². The van der Waals surface area contributed by atoms with E-state index in [-0.39, 0.29) is 17.3 Å². The van der Waals surface area contributed by atoms with Crippen LogP contribution in [0.25, 0.3) is 0 Å². The summed E-state index contributed by atoms with van der Waals surface area (Å²) in [6.45, 7) is 2.40. The number of anilines is 4. The summed E-state index contributed by atoms with van der Waals surface area (Å²) in [4.78, 5) is 24.0. The van der Waals surface area contributed by atoms with Crippen LogP contribution in [0.15, 0.2) is 42.7 Å². The largest absolute Gasteiger partial charge is 0.495 e. The van der Waals surface area contributed by atoms with Crippen molar-refractivity contribution in [3.8, 4) is 11.5 Å². The van der Waals surface area contributed by atoms with E-state index in [0.29, 0.717) is 53.4 Å². The predicted molar refractivity (Wildman–Crippen MR) is 132 cm³/mol. The molecular weight excluding hydrogens is 483 g/mol. The van der Waals surface area contributed by atoms with Gasteiger partial charge in [-0.1, -0.05) is 29.3 Å². The van der Waals surface area contributed by atoms with Gasteiger partial charge in [-0.25, -0.2) is 9.97 Å². The van der Waals surface area contributed by atoms with Crippen molar-refractivity contribution in [2.24, 2.45) is 0 Å². The van der Waals surface area contributed by atoms with Crippen molar-refractivity contribution in [1.82, 2.24) is 9.97 Å². The lowest BCUT2D eigenvalue weighted by atomic mass is 10.2. The summed E-state index contributed by atoms with van der Waals surface area (Å²) < 4.78 is 10.6. The molecule has 2 aromatic carbocycles. The van der Waals surface area contributed by atoms with E-state index >= 15 is 0 Å². The van der Waals surface area contributed by atoms with E-state index in [1.165, 1.54) is 20.5 Å². The van der Waals surface area contributed by atoms with E-state index in [0.717, 1.165) is 5.69 Å². The number of nitrogens with zero attached hydrogens (tertiary/aromatic N) is 5. The number of methoxy groups -OCH3 is 2. The average Bonchev–Trinajstić information content (AvgIpc) is 2.84. The third-order valence-corrected chi connectivity index (χ3v) is 6.00. The Morgan fingerprint density at radius 1 is 1.00 bits per heavy atom. The topological polar surface area (TPSA) is 106 Å². The van der Waals surface area contributed by atoms with Crippen molar-refractivity contribution in [1.29, 1.82) is 0 Å². The van der Waals surface area contributed by atoms with Gasteiger partial charge in [-0.2, -0.15) is 0 Å². The van der Waals surface area contributed by atoms with E-state index < -0.39 is 4.92 Å². The highest BCUT2D eigenvalue weighted by molar-refractivity contribution is 6.32. The van der Waals surface area contributed by atoms with E-state index in [4.69, 9.17) is 32.7 Å². The summed E-state index contributed by atoms with van der Waals surface area (Å²) in [5.74, 6) is 1.09. The van der Waals surface area contributed by atoms with E-state index in [1.54, 1.807) is 12.1 Å². The lowest BCUT2D eigenvalue weighted by molar-refractivity contribution is -0.383. The van der Waals surface area contributed by atoms with Gasteiger partial charge in [0.05, 0.1) is 29.9 Å². The summed E-state index contributed by atoms with van der Waals surface area (Å²) >= 11 is 12.4. The van der Waals surface area contributed by atoms with E-state index in [9.17, 15) is 10.1 Å². The van der Waals surface area contributed by atoms with Gasteiger partial charge >= 0.3 is 5.69 Å². The summed E-state index contributed by atoms with van der Waals surface area (Å²) in [5, 5.41) is 16.0. The lowest BCUT2D eigenvalue weighted by Crippen LogP contribution is -2.47. The quantitative estimate of drug-likeness (QED) is 0.359. The fourth-order valence-corrected chi connectivity index (χ4v) is 4.22. The maximum Gasteiger partial charge on any atom is 0.353 e. The Morgan fingerprint density at radius 2 is 1.71 bits per heavy atom. The van der Waals surface area contributed by atoms with Gasteiger partial charge in [-0.05, 0) is 24.3 Å². The maximum atomic E-state index is 12.1. The molecule has 4 rings (SSSR count).